The van der Waals surface area contributed by atoms with Crippen molar-refractivity contribution in [1.82, 2.24) is 0 Å². The van der Waals surface area contributed by atoms with Gasteiger partial charge < -0.3 is 0 Å². The molecule has 0 saturated heterocycles. The van der Waals surface area contributed by atoms with Gasteiger partial charge in [0.2, 0.25) is 0 Å². The highest BCUT2D eigenvalue weighted by atomic mass is 13.9. The van der Waals surface area contributed by atoms with E-state index in [4.69, 9.17) is 0 Å². The molecule has 68 valence electrons. The summed E-state index contributed by atoms with van der Waals surface area (Å²) in [5, 5.41) is 0. The van der Waals surface area contributed by atoms with Crippen LogP contribution in [-0.2, 0) is 0 Å². The number of rotatable bonds is 0. The van der Waals surface area contributed by atoms with Crippen LogP contribution in [0.2, 0.25) is 0 Å². The Morgan fingerprint density at radius 1 is 0.500 bits per heavy atom. The van der Waals surface area contributed by atoms with Crippen LogP contribution in [-0.4, -0.2) is 0 Å². The van der Waals surface area contributed by atoms with Crippen LogP contribution < -0.4 is 0 Å². The summed E-state index contributed by atoms with van der Waals surface area (Å²) in [6.45, 7) is 7.09. The van der Waals surface area contributed by atoms with Gasteiger partial charge in [0.15, 0.2) is 0 Å². The van der Waals surface area contributed by atoms with Gasteiger partial charge in [-0.05, 0) is 27.7 Å². The summed E-state index contributed by atoms with van der Waals surface area (Å²) in [6.07, 6.45) is 0. The van der Waals surface area contributed by atoms with Crippen molar-refractivity contribution in [3.05, 3.63) is 11.1 Å². The fraction of sp³-hybridized carbons (Fsp3) is 0.286. The predicted octanol–water partition coefficient (Wildman–Crippen LogP) is 2.38. The quantitative estimate of drug-likeness (QED) is 0.502. The summed E-state index contributed by atoms with van der Waals surface area (Å²) >= 11 is 0. The largest absolute Gasteiger partial charge is 0.101 e. The average Bonchev–Trinajstić information content (AvgIpc) is 2.17. The van der Waals surface area contributed by atoms with E-state index in [1.165, 1.54) is 0 Å². The maximum Gasteiger partial charge on any atom is 0.0984 e. The Morgan fingerprint density at radius 3 is 0.857 bits per heavy atom. The molecule has 0 heteroatoms. The van der Waals surface area contributed by atoms with Crippen molar-refractivity contribution in [2.75, 3.05) is 0 Å². The fourth-order valence-corrected chi connectivity index (χ4v) is 0.812. The lowest BCUT2D eigenvalue weighted by Crippen LogP contribution is -1.82. The molecule has 0 fully saturated rings. The van der Waals surface area contributed by atoms with Gasteiger partial charge in [0.25, 0.3) is 0 Å². The molecule has 0 aromatic carbocycles. The summed E-state index contributed by atoms with van der Waals surface area (Å²) < 4.78 is 0. The second kappa shape index (κ2) is 7.62. The smallest absolute Gasteiger partial charge is 0.0984 e. The van der Waals surface area contributed by atoms with Gasteiger partial charge in [0, 0.05) is 0 Å². The molecule has 0 rings (SSSR count). The molecule has 0 amide bonds. The summed E-state index contributed by atoms with van der Waals surface area (Å²) in [4.78, 5) is 0. The van der Waals surface area contributed by atoms with Gasteiger partial charge in [0.1, 0.15) is 0 Å². The monoisotopic (exact) mass is 180 g/mol. The lowest BCUT2D eigenvalue weighted by molar-refractivity contribution is 1.71. The van der Waals surface area contributed by atoms with Crippen LogP contribution in [0.3, 0.4) is 0 Å². The second-order valence-corrected chi connectivity index (χ2v) is 2.25. The topological polar surface area (TPSA) is 0 Å². The minimum Gasteiger partial charge on any atom is -0.101 e. The zero-order valence-corrected chi connectivity index (χ0v) is 9.00. The van der Waals surface area contributed by atoms with Crippen LogP contribution in [0.25, 0.3) is 0 Å². The lowest BCUT2D eigenvalue weighted by atomic mass is 10.1. The third-order valence-corrected chi connectivity index (χ3v) is 1.25. The van der Waals surface area contributed by atoms with Gasteiger partial charge in [-0.25, -0.2) is 0 Å². The predicted molar refractivity (Wildman–Crippen MR) is 60.8 cm³/mol. The van der Waals surface area contributed by atoms with Crippen molar-refractivity contribution in [2.45, 2.75) is 27.7 Å². The fourth-order valence-electron chi connectivity index (χ4n) is 0.812. The first-order chi connectivity index (χ1) is 6.79. The van der Waals surface area contributed by atoms with Crippen molar-refractivity contribution in [2.24, 2.45) is 0 Å². The molecule has 0 aliphatic rings. The van der Waals surface area contributed by atoms with Gasteiger partial charge in [-0.1, -0.05) is 23.7 Å². The molecule has 0 unspecified atom stereocenters. The van der Waals surface area contributed by atoms with E-state index < -0.39 is 0 Å². The summed E-state index contributed by atoms with van der Waals surface area (Å²) in [7, 11) is 0. The van der Waals surface area contributed by atoms with Gasteiger partial charge in [-0.15, -0.1) is 23.7 Å². The Kier molecular flexibility index (Phi) is 6.52. The summed E-state index contributed by atoms with van der Waals surface area (Å²) in [5.41, 5.74) is 1.41. The SMILES string of the molecule is CC#CC(C#CC)=C(C#CC)C#CC. The first-order valence-corrected chi connectivity index (χ1v) is 4.25. The van der Waals surface area contributed by atoms with Crippen molar-refractivity contribution in [1.29, 1.82) is 0 Å². The minimum absolute atomic E-state index is 0.707. The van der Waals surface area contributed by atoms with Crippen LogP contribution in [0.5, 0.6) is 0 Å². The highest BCUT2D eigenvalue weighted by Crippen LogP contribution is 2.00. The Hall–Kier alpha value is -2.02. The van der Waals surface area contributed by atoms with Crippen molar-refractivity contribution < 1.29 is 0 Å². The molecule has 0 heterocycles. The van der Waals surface area contributed by atoms with Gasteiger partial charge in [-0.2, -0.15) is 0 Å². The third-order valence-electron chi connectivity index (χ3n) is 1.25. The zero-order chi connectivity index (χ0) is 10.8. The molecule has 0 N–H and O–H groups in total. The molecule has 0 nitrogen and oxygen atoms in total. The van der Waals surface area contributed by atoms with Gasteiger partial charge in [0.05, 0.1) is 11.1 Å². The lowest BCUT2D eigenvalue weighted by Gasteiger charge is -1.89. The number of allylic oxidation sites excluding steroid dienone is 2. The Bertz CT molecular complexity index is 367. The molecule has 0 aromatic heterocycles. The van der Waals surface area contributed by atoms with E-state index >= 15 is 0 Å². The molecule has 0 atom stereocenters. The van der Waals surface area contributed by atoms with E-state index in [-0.39, 0.29) is 0 Å². The molecular weight excluding hydrogens is 168 g/mol. The van der Waals surface area contributed by atoms with Gasteiger partial charge >= 0.3 is 0 Å². The third kappa shape index (κ3) is 4.12. The summed E-state index contributed by atoms with van der Waals surface area (Å²) in [6, 6.07) is 0. The molecule has 0 bridgehead atoms. The van der Waals surface area contributed by atoms with Crippen molar-refractivity contribution >= 4 is 0 Å². The molecule has 14 heavy (non-hydrogen) atoms. The first-order valence-electron chi connectivity index (χ1n) is 4.25. The van der Waals surface area contributed by atoms with Crippen LogP contribution >= 0.6 is 0 Å². The van der Waals surface area contributed by atoms with E-state index in [1.54, 1.807) is 27.7 Å². The molecule has 0 aromatic rings. The molecule has 0 saturated carbocycles. The van der Waals surface area contributed by atoms with Crippen molar-refractivity contribution in [3.8, 4) is 47.4 Å². The molecule has 0 spiro atoms. The van der Waals surface area contributed by atoms with Gasteiger partial charge in [-0.3, -0.25) is 0 Å². The summed E-state index contributed by atoms with van der Waals surface area (Å²) in [5.74, 6) is 22.8. The molecule has 0 aliphatic heterocycles. The highest BCUT2D eigenvalue weighted by molar-refractivity contribution is 5.60. The second-order valence-electron chi connectivity index (χ2n) is 2.25. The normalized spacial score (nSPS) is 5.71. The van der Waals surface area contributed by atoms with Crippen LogP contribution in [0, 0.1) is 47.4 Å². The van der Waals surface area contributed by atoms with Crippen LogP contribution in [0.15, 0.2) is 11.1 Å². The molecule has 0 aliphatic carbocycles. The number of hydrogen-bond acceptors (Lipinski definition) is 0. The Morgan fingerprint density at radius 2 is 0.714 bits per heavy atom. The molecule has 0 radical (unpaired) electrons. The minimum atomic E-state index is 0.707. The highest BCUT2D eigenvalue weighted by Gasteiger charge is 1.94. The number of hydrogen-bond donors (Lipinski definition) is 0. The zero-order valence-electron chi connectivity index (χ0n) is 9.00. The van der Waals surface area contributed by atoms with E-state index in [0.29, 0.717) is 11.1 Å². The van der Waals surface area contributed by atoms with Crippen LogP contribution in [0.4, 0.5) is 0 Å². The maximum atomic E-state index is 2.90. The Labute approximate surface area is 86.8 Å². The Balaban J connectivity index is 5.57. The van der Waals surface area contributed by atoms with E-state index in [0.717, 1.165) is 0 Å². The van der Waals surface area contributed by atoms with Crippen LogP contribution in [0.1, 0.15) is 27.7 Å². The first kappa shape index (κ1) is 12.0. The average molecular weight is 180 g/mol. The standard InChI is InChI=1S/C14H12/c1-5-9-13(10-6-2)14(11-7-3)12-8-4/h1-4H3. The van der Waals surface area contributed by atoms with E-state index in [2.05, 4.69) is 47.4 Å². The van der Waals surface area contributed by atoms with E-state index in [1.807, 2.05) is 0 Å². The molecular formula is C14H12. The van der Waals surface area contributed by atoms with E-state index in [9.17, 15) is 0 Å². The van der Waals surface area contributed by atoms with Crippen molar-refractivity contribution in [3.63, 3.8) is 0 Å². The maximum absolute atomic E-state index is 2.90.